The normalized spacial score (nSPS) is 18.9. The fourth-order valence-electron chi connectivity index (χ4n) is 1.66. The monoisotopic (exact) mass is 221 g/mol. The van der Waals surface area contributed by atoms with Gasteiger partial charge in [-0.05, 0) is 38.8 Å². The van der Waals surface area contributed by atoms with Crippen LogP contribution in [0.25, 0.3) is 0 Å². The van der Waals surface area contributed by atoms with Crippen molar-refractivity contribution in [2.24, 2.45) is 0 Å². The van der Waals surface area contributed by atoms with E-state index < -0.39 is 0 Å². The number of phenols is 1. The largest absolute Gasteiger partial charge is 0.508 e. The maximum atomic E-state index is 10.1. The number of rotatable bonds is 1. The molecule has 0 radical (unpaired) electrons. The van der Waals surface area contributed by atoms with E-state index in [4.69, 9.17) is 5.11 Å². The highest BCUT2D eigenvalue weighted by atomic mass is 16.3. The first-order valence-electron chi connectivity index (χ1n) is 5.60. The maximum absolute atomic E-state index is 10.1. The molecule has 3 nitrogen and oxygen atoms in total. The van der Waals surface area contributed by atoms with Crippen molar-refractivity contribution >= 4 is 6.41 Å². The second-order valence-corrected chi connectivity index (χ2v) is 4.17. The Bertz CT molecular complexity index is 300. The number of hydrogen-bond acceptors (Lipinski definition) is 2. The summed E-state index contributed by atoms with van der Waals surface area (Å²) < 4.78 is 0. The first kappa shape index (κ1) is 12.6. The van der Waals surface area contributed by atoms with E-state index in [1.54, 1.807) is 12.1 Å². The Hall–Kier alpha value is -1.51. The third-order valence-electron chi connectivity index (χ3n) is 2.77. The van der Waals surface area contributed by atoms with E-state index in [9.17, 15) is 4.79 Å². The van der Waals surface area contributed by atoms with E-state index in [1.165, 1.54) is 18.4 Å². The van der Waals surface area contributed by atoms with Gasteiger partial charge in [-0.3, -0.25) is 4.79 Å². The van der Waals surface area contributed by atoms with Gasteiger partial charge in [-0.15, -0.1) is 0 Å². The van der Waals surface area contributed by atoms with Gasteiger partial charge < -0.3 is 10.0 Å². The smallest absolute Gasteiger partial charge is 0.209 e. The first-order chi connectivity index (χ1) is 7.63. The molecule has 1 aromatic rings. The van der Waals surface area contributed by atoms with E-state index in [2.05, 4.69) is 6.92 Å². The Kier molecular flexibility index (Phi) is 4.83. The summed E-state index contributed by atoms with van der Waals surface area (Å²) in [5, 5.41) is 8.76. The minimum absolute atomic E-state index is 0.329. The molecule has 88 valence electrons. The quantitative estimate of drug-likeness (QED) is 0.739. The minimum atomic E-state index is 0.329. The summed E-state index contributed by atoms with van der Waals surface area (Å²) in [5.41, 5.74) is 1.17. The molecule has 1 unspecified atom stereocenters. The third kappa shape index (κ3) is 3.93. The van der Waals surface area contributed by atoms with Crippen molar-refractivity contribution in [3.8, 4) is 5.75 Å². The molecule has 0 bridgehead atoms. The molecule has 1 atom stereocenters. The van der Waals surface area contributed by atoms with Crippen LogP contribution in [0.2, 0.25) is 0 Å². The molecule has 1 N–H and O–H groups in total. The summed E-state index contributed by atoms with van der Waals surface area (Å²) in [6.07, 6.45) is 3.30. The van der Waals surface area contributed by atoms with Crippen molar-refractivity contribution in [1.29, 1.82) is 0 Å². The predicted octanol–water partition coefficient (Wildman–Crippen LogP) is 2.33. The van der Waals surface area contributed by atoms with Crippen molar-refractivity contribution in [1.82, 2.24) is 4.90 Å². The molecule has 0 aromatic heterocycles. The van der Waals surface area contributed by atoms with E-state index in [1.807, 2.05) is 24.0 Å². The molecular formula is C13H19NO2. The number of amides is 1. The van der Waals surface area contributed by atoms with E-state index in [0.717, 1.165) is 13.0 Å². The fourth-order valence-corrected chi connectivity index (χ4v) is 1.66. The molecule has 3 heteroatoms. The molecule has 0 aliphatic carbocycles. The molecule has 1 heterocycles. The van der Waals surface area contributed by atoms with Gasteiger partial charge in [0.25, 0.3) is 0 Å². The summed E-state index contributed by atoms with van der Waals surface area (Å²) in [5.74, 6) is 0.329. The number of benzene rings is 1. The average Bonchev–Trinajstić information content (AvgIpc) is 2.69. The molecular weight excluding hydrogens is 202 g/mol. The van der Waals surface area contributed by atoms with Crippen LogP contribution in [0.5, 0.6) is 5.75 Å². The Morgan fingerprint density at radius 3 is 2.31 bits per heavy atom. The lowest BCUT2D eigenvalue weighted by atomic mass is 10.2. The average molecular weight is 221 g/mol. The fraction of sp³-hybridized carbons (Fsp3) is 0.462. The lowest BCUT2D eigenvalue weighted by molar-refractivity contribution is -0.118. The molecule has 1 aliphatic rings. The second kappa shape index (κ2) is 6.16. The summed E-state index contributed by atoms with van der Waals surface area (Å²) in [6.45, 7) is 5.03. The van der Waals surface area contributed by atoms with Gasteiger partial charge in [0.1, 0.15) is 5.75 Å². The predicted molar refractivity (Wildman–Crippen MR) is 64.3 cm³/mol. The van der Waals surface area contributed by atoms with Crippen LogP contribution in [0.15, 0.2) is 24.3 Å². The molecule has 1 aromatic carbocycles. The van der Waals surface area contributed by atoms with Crippen molar-refractivity contribution in [2.75, 3.05) is 6.54 Å². The Morgan fingerprint density at radius 2 is 2.00 bits per heavy atom. The highest BCUT2D eigenvalue weighted by Gasteiger charge is 2.16. The van der Waals surface area contributed by atoms with Crippen LogP contribution in [0.1, 0.15) is 25.3 Å². The van der Waals surface area contributed by atoms with Crippen LogP contribution in [0.4, 0.5) is 0 Å². The number of aryl methyl sites for hydroxylation is 1. The highest BCUT2D eigenvalue weighted by Crippen LogP contribution is 2.12. The number of carbonyl (C=O) groups excluding carboxylic acids is 1. The van der Waals surface area contributed by atoms with Gasteiger partial charge in [0.05, 0.1) is 0 Å². The zero-order valence-electron chi connectivity index (χ0n) is 9.89. The van der Waals surface area contributed by atoms with Crippen molar-refractivity contribution in [2.45, 2.75) is 32.7 Å². The van der Waals surface area contributed by atoms with Gasteiger partial charge >= 0.3 is 0 Å². The second-order valence-electron chi connectivity index (χ2n) is 4.17. The summed E-state index contributed by atoms with van der Waals surface area (Å²) in [7, 11) is 0. The molecule has 1 fully saturated rings. The van der Waals surface area contributed by atoms with Crippen LogP contribution in [0, 0.1) is 6.92 Å². The molecule has 1 saturated heterocycles. The number of nitrogens with zero attached hydrogens (tertiary/aromatic N) is 1. The Labute approximate surface area is 96.7 Å². The SMILES string of the molecule is CC1CCCN1C=O.Cc1ccc(O)cc1. The van der Waals surface area contributed by atoms with Crippen LogP contribution in [-0.2, 0) is 4.79 Å². The number of phenolic OH excluding ortho intramolecular Hbond substituents is 1. The van der Waals surface area contributed by atoms with Gasteiger partial charge in [0.2, 0.25) is 6.41 Å². The lowest BCUT2D eigenvalue weighted by Crippen LogP contribution is -2.24. The topological polar surface area (TPSA) is 40.5 Å². The van der Waals surface area contributed by atoms with Crippen molar-refractivity contribution < 1.29 is 9.90 Å². The zero-order valence-corrected chi connectivity index (χ0v) is 9.89. The number of hydrogen-bond donors (Lipinski definition) is 1. The molecule has 0 spiro atoms. The molecule has 1 aliphatic heterocycles. The molecule has 2 rings (SSSR count). The number of carbonyl (C=O) groups is 1. The lowest BCUT2D eigenvalue weighted by Gasteiger charge is -2.13. The van der Waals surface area contributed by atoms with Gasteiger partial charge in [0, 0.05) is 12.6 Å². The highest BCUT2D eigenvalue weighted by molar-refractivity contribution is 5.48. The number of likely N-dealkylation sites (tertiary alicyclic amines) is 1. The van der Waals surface area contributed by atoms with Crippen LogP contribution >= 0.6 is 0 Å². The van der Waals surface area contributed by atoms with E-state index in [-0.39, 0.29) is 0 Å². The van der Waals surface area contributed by atoms with Gasteiger partial charge in [-0.25, -0.2) is 0 Å². The Balaban J connectivity index is 0.000000160. The standard InChI is InChI=1S/C7H8O.C6H11NO/c1-6-2-4-7(8)5-3-6;1-6-3-2-4-7(6)5-8/h2-5,8H,1H3;5-6H,2-4H2,1H3. The summed E-state index contributed by atoms with van der Waals surface area (Å²) in [4.78, 5) is 12.0. The molecule has 16 heavy (non-hydrogen) atoms. The van der Waals surface area contributed by atoms with Crippen molar-refractivity contribution in [3.05, 3.63) is 29.8 Å². The van der Waals surface area contributed by atoms with Gasteiger partial charge in [0.15, 0.2) is 0 Å². The van der Waals surface area contributed by atoms with Crippen LogP contribution in [-0.4, -0.2) is 29.0 Å². The minimum Gasteiger partial charge on any atom is -0.508 e. The van der Waals surface area contributed by atoms with E-state index in [0.29, 0.717) is 11.8 Å². The van der Waals surface area contributed by atoms with Crippen LogP contribution in [0.3, 0.4) is 0 Å². The van der Waals surface area contributed by atoms with Gasteiger partial charge in [-0.1, -0.05) is 17.7 Å². The van der Waals surface area contributed by atoms with Crippen molar-refractivity contribution in [3.63, 3.8) is 0 Å². The van der Waals surface area contributed by atoms with E-state index >= 15 is 0 Å². The molecule has 0 saturated carbocycles. The number of aromatic hydroxyl groups is 1. The summed E-state index contributed by atoms with van der Waals surface area (Å²) in [6, 6.07) is 7.59. The third-order valence-corrected chi connectivity index (χ3v) is 2.77. The summed E-state index contributed by atoms with van der Waals surface area (Å²) >= 11 is 0. The van der Waals surface area contributed by atoms with Crippen LogP contribution < -0.4 is 0 Å². The zero-order chi connectivity index (χ0) is 12.0. The molecule has 1 amide bonds. The Morgan fingerprint density at radius 1 is 1.38 bits per heavy atom. The first-order valence-corrected chi connectivity index (χ1v) is 5.60. The van der Waals surface area contributed by atoms with Gasteiger partial charge in [-0.2, -0.15) is 0 Å². The maximum Gasteiger partial charge on any atom is 0.209 e.